The van der Waals surface area contributed by atoms with E-state index >= 15 is 0 Å². The molecule has 3 rings (SSSR count). The molecule has 1 aliphatic rings. The summed E-state index contributed by atoms with van der Waals surface area (Å²) in [6.07, 6.45) is 2.49. The third-order valence-electron chi connectivity index (χ3n) is 2.65. The van der Waals surface area contributed by atoms with Gasteiger partial charge < -0.3 is 10.3 Å². The van der Waals surface area contributed by atoms with Gasteiger partial charge in [-0.2, -0.15) is 0 Å². The Bertz CT molecular complexity index is 488. The number of para-hydroxylation sites is 1. The van der Waals surface area contributed by atoms with Gasteiger partial charge in [0.25, 0.3) is 0 Å². The first-order chi connectivity index (χ1) is 7.33. The number of fused-ring (bicyclic) bond motifs is 1. The highest BCUT2D eigenvalue weighted by atomic mass is 19.1. The Hall–Kier alpha value is -1.42. The molecule has 15 heavy (non-hydrogen) atoms. The number of hydrogen-bond acceptors (Lipinski definition) is 2. The maximum absolute atomic E-state index is 13.3. The highest BCUT2D eigenvalue weighted by molar-refractivity contribution is 5.75. The molecule has 0 aliphatic heterocycles. The van der Waals surface area contributed by atoms with E-state index in [0.717, 1.165) is 11.3 Å². The van der Waals surface area contributed by atoms with Crippen LogP contribution in [-0.2, 0) is 6.54 Å². The molecule has 1 heterocycles. The Balaban J connectivity index is 1.88. The number of benzene rings is 1. The Morgan fingerprint density at radius 2 is 2.33 bits per heavy atom. The molecular formula is C11H12FN3. The summed E-state index contributed by atoms with van der Waals surface area (Å²) in [5.41, 5.74) is 1.20. The van der Waals surface area contributed by atoms with Crippen LogP contribution >= 0.6 is 0 Å². The average Bonchev–Trinajstić information content (AvgIpc) is 2.95. The molecule has 0 atom stereocenters. The molecule has 0 bridgehead atoms. The van der Waals surface area contributed by atoms with E-state index in [-0.39, 0.29) is 5.82 Å². The SMILES string of the molecule is Fc1cccc2[nH]c(CNC3CC3)nc12. The standard InChI is InChI=1S/C11H12FN3/c12-8-2-1-3-9-11(8)15-10(14-9)6-13-7-4-5-7/h1-3,7,13H,4-6H2,(H,14,15). The number of aromatic nitrogens is 2. The summed E-state index contributed by atoms with van der Waals surface area (Å²) in [6, 6.07) is 5.60. The molecule has 78 valence electrons. The lowest BCUT2D eigenvalue weighted by Gasteiger charge is -1.96. The minimum atomic E-state index is -0.263. The summed E-state index contributed by atoms with van der Waals surface area (Å²) in [5.74, 6) is 0.545. The average molecular weight is 205 g/mol. The van der Waals surface area contributed by atoms with Gasteiger partial charge in [-0.25, -0.2) is 9.37 Å². The maximum Gasteiger partial charge on any atom is 0.151 e. The van der Waals surface area contributed by atoms with Crippen LogP contribution in [0.1, 0.15) is 18.7 Å². The second kappa shape index (κ2) is 3.31. The van der Waals surface area contributed by atoms with Gasteiger partial charge in [-0.1, -0.05) is 6.07 Å². The van der Waals surface area contributed by atoms with Gasteiger partial charge in [0.05, 0.1) is 12.1 Å². The molecule has 1 aromatic carbocycles. The van der Waals surface area contributed by atoms with Gasteiger partial charge in [-0.05, 0) is 25.0 Å². The molecule has 1 fully saturated rings. The summed E-state index contributed by atoms with van der Waals surface area (Å²) < 4.78 is 13.3. The van der Waals surface area contributed by atoms with Crippen LogP contribution in [0.25, 0.3) is 11.0 Å². The van der Waals surface area contributed by atoms with Gasteiger partial charge in [-0.3, -0.25) is 0 Å². The number of rotatable bonds is 3. The highest BCUT2D eigenvalue weighted by Crippen LogP contribution is 2.20. The maximum atomic E-state index is 13.3. The van der Waals surface area contributed by atoms with Crippen LogP contribution < -0.4 is 5.32 Å². The molecule has 0 radical (unpaired) electrons. The monoisotopic (exact) mass is 205 g/mol. The molecule has 4 heteroatoms. The second-order valence-electron chi connectivity index (χ2n) is 3.97. The third-order valence-corrected chi connectivity index (χ3v) is 2.65. The van der Waals surface area contributed by atoms with Crippen molar-refractivity contribution in [1.82, 2.24) is 15.3 Å². The first-order valence-corrected chi connectivity index (χ1v) is 5.19. The van der Waals surface area contributed by atoms with E-state index in [1.165, 1.54) is 18.9 Å². The third kappa shape index (κ3) is 1.72. The Kier molecular flexibility index (Phi) is 1.95. The number of nitrogens with zero attached hydrogens (tertiary/aromatic N) is 1. The molecule has 0 unspecified atom stereocenters. The van der Waals surface area contributed by atoms with Gasteiger partial charge in [0.2, 0.25) is 0 Å². The van der Waals surface area contributed by atoms with Crippen molar-refractivity contribution in [3.05, 3.63) is 29.8 Å². The Morgan fingerprint density at radius 1 is 1.47 bits per heavy atom. The van der Waals surface area contributed by atoms with Crippen molar-refractivity contribution < 1.29 is 4.39 Å². The second-order valence-corrected chi connectivity index (χ2v) is 3.97. The molecule has 0 amide bonds. The smallest absolute Gasteiger partial charge is 0.151 e. The first-order valence-electron chi connectivity index (χ1n) is 5.19. The number of hydrogen-bond donors (Lipinski definition) is 2. The van der Waals surface area contributed by atoms with E-state index in [9.17, 15) is 4.39 Å². The summed E-state index contributed by atoms with van der Waals surface area (Å²) in [5, 5.41) is 3.34. The molecular weight excluding hydrogens is 193 g/mol. The molecule has 0 saturated heterocycles. The molecule has 1 saturated carbocycles. The molecule has 3 nitrogen and oxygen atoms in total. The van der Waals surface area contributed by atoms with Crippen molar-refractivity contribution >= 4 is 11.0 Å². The fourth-order valence-corrected chi connectivity index (χ4v) is 1.66. The lowest BCUT2D eigenvalue weighted by Crippen LogP contribution is -2.16. The zero-order valence-corrected chi connectivity index (χ0v) is 8.26. The number of aromatic amines is 1. The van der Waals surface area contributed by atoms with Gasteiger partial charge in [0, 0.05) is 6.04 Å². The van der Waals surface area contributed by atoms with Crippen LogP contribution in [0.4, 0.5) is 4.39 Å². The molecule has 2 N–H and O–H groups in total. The van der Waals surface area contributed by atoms with Crippen molar-refractivity contribution in [3.63, 3.8) is 0 Å². The van der Waals surface area contributed by atoms with Gasteiger partial charge >= 0.3 is 0 Å². The molecule has 1 aliphatic carbocycles. The number of imidazole rings is 1. The van der Waals surface area contributed by atoms with E-state index < -0.39 is 0 Å². The lowest BCUT2D eigenvalue weighted by molar-refractivity contribution is 0.635. The summed E-state index contributed by atoms with van der Waals surface area (Å²) in [4.78, 5) is 7.32. The Morgan fingerprint density at radius 3 is 3.07 bits per heavy atom. The quantitative estimate of drug-likeness (QED) is 0.804. The molecule has 1 aromatic heterocycles. The zero-order valence-electron chi connectivity index (χ0n) is 8.26. The van der Waals surface area contributed by atoms with Crippen LogP contribution in [-0.4, -0.2) is 16.0 Å². The topological polar surface area (TPSA) is 40.7 Å². The van der Waals surface area contributed by atoms with E-state index in [4.69, 9.17) is 0 Å². The van der Waals surface area contributed by atoms with Crippen LogP contribution in [0.2, 0.25) is 0 Å². The summed E-state index contributed by atoms with van der Waals surface area (Å²) in [6.45, 7) is 0.693. The van der Waals surface area contributed by atoms with E-state index in [1.807, 2.05) is 6.07 Å². The van der Waals surface area contributed by atoms with Crippen molar-refractivity contribution in [1.29, 1.82) is 0 Å². The van der Waals surface area contributed by atoms with Crippen molar-refractivity contribution in [2.24, 2.45) is 0 Å². The van der Waals surface area contributed by atoms with E-state index in [1.54, 1.807) is 6.07 Å². The van der Waals surface area contributed by atoms with Crippen molar-refractivity contribution in [2.75, 3.05) is 0 Å². The van der Waals surface area contributed by atoms with Crippen LogP contribution in [0.5, 0.6) is 0 Å². The van der Waals surface area contributed by atoms with Gasteiger partial charge in [-0.15, -0.1) is 0 Å². The van der Waals surface area contributed by atoms with Gasteiger partial charge in [0.1, 0.15) is 11.3 Å². The molecule has 2 aromatic rings. The number of H-pyrrole nitrogens is 1. The van der Waals surface area contributed by atoms with Crippen molar-refractivity contribution in [2.45, 2.75) is 25.4 Å². The first kappa shape index (κ1) is 8.85. The fraction of sp³-hybridized carbons (Fsp3) is 0.364. The van der Waals surface area contributed by atoms with Crippen molar-refractivity contribution in [3.8, 4) is 0 Å². The van der Waals surface area contributed by atoms with Crippen LogP contribution in [0, 0.1) is 5.82 Å². The van der Waals surface area contributed by atoms with Gasteiger partial charge in [0.15, 0.2) is 5.82 Å². The largest absolute Gasteiger partial charge is 0.341 e. The minimum absolute atomic E-state index is 0.263. The normalized spacial score (nSPS) is 16.1. The zero-order chi connectivity index (χ0) is 10.3. The van der Waals surface area contributed by atoms with E-state index in [0.29, 0.717) is 18.1 Å². The number of halogens is 1. The predicted molar refractivity (Wildman–Crippen MR) is 55.9 cm³/mol. The van der Waals surface area contributed by atoms with Crippen LogP contribution in [0.15, 0.2) is 18.2 Å². The van der Waals surface area contributed by atoms with E-state index in [2.05, 4.69) is 15.3 Å². The minimum Gasteiger partial charge on any atom is -0.341 e. The predicted octanol–water partition coefficient (Wildman–Crippen LogP) is 1.95. The number of nitrogens with one attached hydrogen (secondary N) is 2. The van der Waals surface area contributed by atoms with Crippen LogP contribution in [0.3, 0.4) is 0 Å². The molecule has 0 spiro atoms. The summed E-state index contributed by atoms with van der Waals surface area (Å²) >= 11 is 0. The summed E-state index contributed by atoms with van der Waals surface area (Å²) in [7, 11) is 0. The Labute approximate surface area is 86.7 Å². The fourth-order valence-electron chi connectivity index (χ4n) is 1.66. The highest BCUT2D eigenvalue weighted by Gasteiger charge is 2.20. The lowest BCUT2D eigenvalue weighted by atomic mass is 10.3.